The lowest BCUT2D eigenvalue weighted by atomic mass is 10.1. The molecule has 0 aliphatic carbocycles. The summed E-state index contributed by atoms with van der Waals surface area (Å²) in [5.41, 5.74) is 2.20. The molecular weight excluding hydrogens is 463 g/mol. The number of fused-ring (bicyclic) bond motifs is 1. The molecule has 0 amide bonds. The molecule has 4 rings (SSSR count). The zero-order valence-electron chi connectivity index (χ0n) is 17.5. The highest BCUT2D eigenvalue weighted by atomic mass is 35.5. The molecule has 1 saturated heterocycles. The lowest BCUT2D eigenvalue weighted by molar-refractivity contribution is 0.0445. The fourth-order valence-corrected chi connectivity index (χ4v) is 3.97. The first-order valence-corrected chi connectivity index (χ1v) is 10.3. The molecule has 9 heteroatoms. The molecule has 6 nitrogen and oxygen atoms in total. The molecular formula is C22H29Cl3N2O4. The number of nitrogens with zero attached hydrogens (tertiary/aromatic N) is 2. The second kappa shape index (κ2) is 12.0. The van der Waals surface area contributed by atoms with Crippen LogP contribution in [-0.4, -0.2) is 67.1 Å². The van der Waals surface area contributed by atoms with Crippen molar-refractivity contribution in [1.82, 2.24) is 9.80 Å². The van der Waals surface area contributed by atoms with Gasteiger partial charge in [-0.2, -0.15) is 0 Å². The van der Waals surface area contributed by atoms with Crippen LogP contribution < -0.4 is 14.2 Å². The Morgan fingerprint density at radius 1 is 1.00 bits per heavy atom. The average Bonchev–Trinajstić information content (AvgIpc) is 3.17. The molecule has 172 valence electrons. The van der Waals surface area contributed by atoms with Gasteiger partial charge in [0, 0.05) is 44.3 Å². The van der Waals surface area contributed by atoms with Crippen LogP contribution in [0.5, 0.6) is 17.2 Å². The number of aliphatic hydroxyl groups is 1. The Morgan fingerprint density at radius 3 is 2.45 bits per heavy atom. The Bertz CT molecular complexity index is 848. The van der Waals surface area contributed by atoms with Gasteiger partial charge in [-0.3, -0.25) is 9.80 Å². The highest BCUT2D eigenvalue weighted by molar-refractivity contribution is 6.30. The van der Waals surface area contributed by atoms with E-state index in [4.69, 9.17) is 25.8 Å². The highest BCUT2D eigenvalue weighted by Gasteiger charge is 2.21. The lowest BCUT2D eigenvalue weighted by Gasteiger charge is -2.35. The lowest BCUT2D eigenvalue weighted by Crippen LogP contribution is -2.48. The summed E-state index contributed by atoms with van der Waals surface area (Å²) in [6, 6.07) is 11.7. The number of hydrogen-bond donors (Lipinski definition) is 1. The van der Waals surface area contributed by atoms with Gasteiger partial charge in [-0.05, 0) is 48.4 Å². The monoisotopic (exact) mass is 490 g/mol. The third-order valence-electron chi connectivity index (χ3n) is 5.35. The van der Waals surface area contributed by atoms with Crippen LogP contribution in [0.1, 0.15) is 11.1 Å². The maximum absolute atomic E-state index is 10.4. The number of halogens is 3. The Hall–Kier alpha value is -1.41. The van der Waals surface area contributed by atoms with E-state index in [1.54, 1.807) is 6.07 Å². The van der Waals surface area contributed by atoms with Crippen LogP contribution >= 0.6 is 36.4 Å². The molecule has 31 heavy (non-hydrogen) atoms. The number of rotatable bonds is 7. The molecule has 1 unspecified atom stereocenters. The van der Waals surface area contributed by atoms with Crippen molar-refractivity contribution in [2.24, 2.45) is 0 Å². The predicted octanol–water partition coefficient (Wildman–Crippen LogP) is 3.78. The van der Waals surface area contributed by atoms with Crippen molar-refractivity contribution in [3.8, 4) is 17.2 Å². The molecule has 1 fully saturated rings. The van der Waals surface area contributed by atoms with E-state index in [1.807, 2.05) is 25.1 Å². The maximum Gasteiger partial charge on any atom is 0.231 e. The second-order valence-electron chi connectivity index (χ2n) is 7.64. The molecule has 0 aromatic heterocycles. The molecule has 1 atom stereocenters. The normalized spacial score (nSPS) is 16.9. The van der Waals surface area contributed by atoms with Crippen LogP contribution in [0.25, 0.3) is 0 Å². The summed E-state index contributed by atoms with van der Waals surface area (Å²) in [6.45, 7) is 7.85. The van der Waals surface area contributed by atoms with Crippen LogP contribution in [0.15, 0.2) is 36.4 Å². The van der Waals surface area contributed by atoms with Gasteiger partial charge in [-0.15, -0.1) is 24.8 Å². The van der Waals surface area contributed by atoms with Gasteiger partial charge in [-0.25, -0.2) is 0 Å². The van der Waals surface area contributed by atoms with Gasteiger partial charge < -0.3 is 19.3 Å². The van der Waals surface area contributed by atoms with Gasteiger partial charge in [-0.1, -0.05) is 17.7 Å². The van der Waals surface area contributed by atoms with Crippen LogP contribution in [0.4, 0.5) is 0 Å². The minimum Gasteiger partial charge on any atom is -0.491 e. The number of β-amino-alcohol motifs (C(OH)–C–C–N with tert-alkyl or cyclic N) is 1. The molecule has 2 aromatic carbocycles. The van der Waals surface area contributed by atoms with E-state index in [2.05, 4.69) is 21.9 Å². The molecule has 0 saturated carbocycles. The first kappa shape index (κ1) is 25.8. The minimum absolute atomic E-state index is 0. The summed E-state index contributed by atoms with van der Waals surface area (Å²) in [7, 11) is 0. The van der Waals surface area contributed by atoms with Crippen molar-refractivity contribution < 1.29 is 19.3 Å². The van der Waals surface area contributed by atoms with Crippen LogP contribution in [0.2, 0.25) is 5.02 Å². The number of piperazine rings is 1. The molecule has 1 N–H and O–H groups in total. The zero-order valence-corrected chi connectivity index (χ0v) is 19.8. The van der Waals surface area contributed by atoms with Gasteiger partial charge in [0.15, 0.2) is 11.5 Å². The second-order valence-corrected chi connectivity index (χ2v) is 8.08. The Labute approximate surface area is 200 Å². The summed E-state index contributed by atoms with van der Waals surface area (Å²) >= 11 is 5.97. The number of hydrogen-bond acceptors (Lipinski definition) is 6. The van der Waals surface area contributed by atoms with Crippen molar-refractivity contribution in [3.05, 3.63) is 52.5 Å². The summed E-state index contributed by atoms with van der Waals surface area (Å²) in [6.07, 6.45) is -0.523. The first-order chi connectivity index (χ1) is 14.1. The molecule has 0 spiro atoms. The summed E-state index contributed by atoms with van der Waals surface area (Å²) in [5, 5.41) is 11.1. The molecule has 0 bridgehead atoms. The van der Waals surface area contributed by atoms with E-state index in [9.17, 15) is 5.11 Å². The van der Waals surface area contributed by atoms with Crippen molar-refractivity contribution >= 4 is 36.4 Å². The largest absolute Gasteiger partial charge is 0.491 e. The summed E-state index contributed by atoms with van der Waals surface area (Å²) in [4.78, 5) is 4.72. The Balaban J connectivity index is 0.00000171. The number of aliphatic hydroxyl groups excluding tert-OH is 1. The van der Waals surface area contributed by atoms with Crippen molar-refractivity contribution in [3.63, 3.8) is 0 Å². The van der Waals surface area contributed by atoms with Crippen LogP contribution in [0, 0.1) is 6.92 Å². The first-order valence-electron chi connectivity index (χ1n) is 9.97. The van der Waals surface area contributed by atoms with E-state index < -0.39 is 6.10 Å². The van der Waals surface area contributed by atoms with Crippen molar-refractivity contribution in [2.45, 2.75) is 19.6 Å². The number of ether oxygens (including phenoxy) is 3. The highest BCUT2D eigenvalue weighted by Crippen LogP contribution is 2.32. The van der Waals surface area contributed by atoms with Gasteiger partial charge in [0.05, 0.1) is 0 Å². The third-order valence-corrected chi connectivity index (χ3v) is 5.58. The molecule has 2 aliphatic rings. The standard InChI is InChI=1S/C22H27ClN2O4.2ClH/c1-16-10-18(23)3-5-20(16)27-14-19(26)13-25-8-6-24(7-9-25)12-17-2-4-21-22(11-17)29-15-28-21;;/h2-5,10-11,19,26H,6-9,12-15H2,1H3;2*1H. The van der Waals surface area contributed by atoms with Gasteiger partial charge >= 0.3 is 0 Å². The SMILES string of the molecule is Cc1cc(Cl)ccc1OCC(O)CN1CCN(Cc2ccc3c(c2)OCO3)CC1.Cl.Cl. The molecule has 0 radical (unpaired) electrons. The minimum atomic E-state index is -0.523. The van der Waals surface area contributed by atoms with E-state index in [0.717, 1.165) is 55.5 Å². The van der Waals surface area contributed by atoms with Gasteiger partial charge in [0.2, 0.25) is 6.79 Å². The average molecular weight is 492 g/mol. The quantitative estimate of drug-likeness (QED) is 0.636. The molecule has 2 aromatic rings. The van der Waals surface area contributed by atoms with Crippen LogP contribution in [0.3, 0.4) is 0 Å². The fraction of sp³-hybridized carbons (Fsp3) is 0.455. The van der Waals surface area contributed by atoms with Crippen molar-refractivity contribution in [1.29, 1.82) is 0 Å². The van der Waals surface area contributed by atoms with Gasteiger partial charge in [0.1, 0.15) is 18.5 Å². The van der Waals surface area contributed by atoms with Gasteiger partial charge in [0.25, 0.3) is 0 Å². The maximum atomic E-state index is 10.4. The third kappa shape index (κ3) is 7.04. The topological polar surface area (TPSA) is 54.4 Å². The Kier molecular flexibility index (Phi) is 10.0. The predicted molar refractivity (Wildman–Crippen MR) is 126 cm³/mol. The number of aryl methyl sites for hydroxylation is 1. The van der Waals surface area contributed by atoms with E-state index in [0.29, 0.717) is 18.4 Å². The van der Waals surface area contributed by atoms with E-state index in [1.165, 1.54) is 5.56 Å². The summed E-state index contributed by atoms with van der Waals surface area (Å²) in [5.74, 6) is 2.42. The molecule has 2 heterocycles. The van der Waals surface area contributed by atoms with Crippen LogP contribution in [-0.2, 0) is 6.54 Å². The fourth-order valence-electron chi connectivity index (χ4n) is 3.74. The van der Waals surface area contributed by atoms with E-state index >= 15 is 0 Å². The number of benzene rings is 2. The molecule has 2 aliphatic heterocycles. The van der Waals surface area contributed by atoms with E-state index in [-0.39, 0.29) is 31.4 Å². The zero-order chi connectivity index (χ0) is 20.2. The summed E-state index contributed by atoms with van der Waals surface area (Å²) < 4.78 is 16.6. The Morgan fingerprint density at radius 2 is 1.71 bits per heavy atom. The van der Waals surface area contributed by atoms with Crippen molar-refractivity contribution in [2.75, 3.05) is 46.1 Å². The smallest absolute Gasteiger partial charge is 0.231 e.